The van der Waals surface area contributed by atoms with Crippen molar-refractivity contribution in [1.82, 2.24) is 0 Å². The second-order valence-electron chi connectivity index (χ2n) is 3.06. The Labute approximate surface area is 82.4 Å². The number of hydrogen-bond donors (Lipinski definition) is 1. The predicted molar refractivity (Wildman–Crippen MR) is 54.9 cm³/mol. The van der Waals surface area contributed by atoms with Crippen molar-refractivity contribution in [1.29, 1.82) is 0 Å². The van der Waals surface area contributed by atoms with E-state index in [2.05, 4.69) is 5.16 Å². The third-order valence-corrected chi connectivity index (χ3v) is 1.97. The lowest BCUT2D eigenvalue weighted by Crippen LogP contribution is -1.92. The molecule has 0 unspecified atom stereocenters. The Morgan fingerprint density at radius 1 is 1.29 bits per heavy atom. The minimum absolute atomic E-state index is 0.257. The lowest BCUT2D eigenvalue weighted by Gasteiger charge is -1.98. The van der Waals surface area contributed by atoms with Gasteiger partial charge in [0.25, 0.3) is 0 Å². The molecule has 1 N–H and O–H groups in total. The van der Waals surface area contributed by atoms with Crippen molar-refractivity contribution in [2.45, 2.75) is 13.8 Å². The maximum absolute atomic E-state index is 12.6. The van der Waals surface area contributed by atoms with Gasteiger partial charge in [-0.25, -0.2) is 4.39 Å². The molecule has 0 saturated carbocycles. The predicted octanol–water partition coefficient (Wildman–Crippen LogP) is 3.08. The number of oxime groups is 1. The monoisotopic (exact) mass is 193 g/mol. The average Bonchev–Trinajstić information content (AvgIpc) is 2.20. The Morgan fingerprint density at radius 3 is 2.36 bits per heavy atom. The first kappa shape index (κ1) is 10.4. The summed E-state index contributed by atoms with van der Waals surface area (Å²) in [5.41, 5.74) is 2.28. The summed E-state index contributed by atoms with van der Waals surface area (Å²) >= 11 is 0. The van der Waals surface area contributed by atoms with Crippen molar-refractivity contribution in [2.24, 2.45) is 5.16 Å². The van der Waals surface area contributed by atoms with Gasteiger partial charge in [-0.15, -0.1) is 0 Å². The van der Waals surface area contributed by atoms with Crippen molar-refractivity contribution in [2.75, 3.05) is 0 Å². The minimum Gasteiger partial charge on any atom is -0.411 e. The number of rotatable bonds is 2. The molecule has 0 bridgehead atoms. The van der Waals surface area contributed by atoms with E-state index in [1.165, 1.54) is 12.1 Å². The third-order valence-electron chi connectivity index (χ3n) is 1.97. The maximum atomic E-state index is 12.6. The van der Waals surface area contributed by atoms with Crippen molar-refractivity contribution in [3.8, 4) is 0 Å². The number of allylic oxidation sites excluding steroid dienone is 1. The van der Waals surface area contributed by atoms with Crippen LogP contribution in [0.4, 0.5) is 4.39 Å². The molecule has 0 radical (unpaired) electrons. The number of hydrogen-bond acceptors (Lipinski definition) is 2. The highest BCUT2D eigenvalue weighted by Gasteiger charge is 1.96. The third kappa shape index (κ3) is 2.69. The SMILES string of the molecule is CC(=C\c1ccc(F)cc1)/C(C)=N/O. The van der Waals surface area contributed by atoms with Crippen LogP contribution in [0.5, 0.6) is 0 Å². The van der Waals surface area contributed by atoms with Crippen LogP contribution in [0.3, 0.4) is 0 Å². The van der Waals surface area contributed by atoms with E-state index < -0.39 is 0 Å². The lowest BCUT2D eigenvalue weighted by atomic mass is 10.1. The summed E-state index contributed by atoms with van der Waals surface area (Å²) in [6.07, 6.45) is 1.83. The van der Waals surface area contributed by atoms with E-state index in [0.29, 0.717) is 5.71 Å². The molecule has 0 aliphatic carbocycles. The molecule has 0 aliphatic rings. The molecule has 0 fully saturated rings. The average molecular weight is 193 g/mol. The van der Waals surface area contributed by atoms with E-state index in [0.717, 1.165) is 11.1 Å². The van der Waals surface area contributed by atoms with E-state index in [1.807, 2.05) is 13.0 Å². The number of nitrogens with zero attached hydrogens (tertiary/aromatic N) is 1. The maximum Gasteiger partial charge on any atom is 0.123 e. The number of benzene rings is 1. The molecule has 3 heteroatoms. The van der Waals surface area contributed by atoms with Gasteiger partial charge in [-0.1, -0.05) is 23.4 Å². The fourth-order valence-corrected chi connectivity index (χ4v) is 0.992. The highest BCUT2D eigenvalue weighted by molar-refractivity contribution is 6.01. The molecule has 2 nitrogen and oxygen atoms in total. The van der Waals surface area contributed by atoms with Crippen LogP contribution in [0.2, 0.25) is 0 Å². The van der Waals surface area contributed by atoms with Crippen molar-refractivity contribution in [3.05, 3.63) is 41.2 Å². The van der Waals surface area contributed by atoms with Gasteiger partial charge in [-0.2, -0.15) is 0 Å². The number of halogens is 1. The second-order valence-corrected chi connectivity index (χ2v) is 3.06. The quantitative estimate of drug-likeness (QED) is 0.437. The van der Waals surface area contributed by atoms with Crippen molar-refractivity contribution < 1.29 is 9.60 Å². The smallest absolute Gasteiger partial charge is 0.123 e. The zero-order chi connectivity index (χ0) is 10.6. The first-order valence-corrected chi connectivity index (χ1v) is 4.26. The van der Waals surface area contributed by atoms with Crippen LogP contribution in [0, 0.1) is 5.82 Å². The molecule has 1 aromatic rings. The molecule has 0 saturated heterocycles. The fourth-order valence-electron chi connectivity index (χ4n) is 0.992. The fraction of sp³-hybridized carbons (Fsp3) is 0.182. The molecular weight excluding hydrogens is 181 g/mol. The van der Waals surface area contributed by atoms with Gasteiger partial charge >= 0.3 is 0 Å². The van der Waals surface area contributed by atoms with Crippen LogP contribution >= 0.6 is 0 Å². The summed E-state index contributed by atoms with van der Waals surface area (Å²) in [6.45, 7) is 3.54. The van der Waals surface area contributed by atoms with Crippen LogP contribution < -0.4 is 0 Å². The standard InChI is InChI=1S/C11H12FNO/c1-8(9(2)13-14)7-10-3-5-11(12)6-4-10/h3-7,14H,1-2H3/b8-7+,13-9+. The summed E-state index contributed by atoms with van der Waals surface area (Å²) in [7, 11) is 0. The Bertz CT molecular complexity index is 365. The van der Waals surface area contributed by atoms with Gasteiger partial charge in [-0.05, 0) is 37.1 Å². The largest absolute Gasteiger partial charge is 0.411 e. The molecule has 0 heterocycles. The topological polar surface area (TPSA) is 32.6 Å². The minimum atomic E-state index is -0.257. The highest BCUT2D eigenvalue weighted by Crippen LogP contribution is 2.09. The summed E-state index contributed by atoms with van der Waals surface area (Å²) < 4.78 is 12.6. The van der Waals surface area contributed by atoms with Gasteiger partial charge in [0.1, 0.15) is 5.82 Å². The molecule has 0 aromatic heterocycles. The molecule has 0 spiro atoms. The van der Waals surface area contributed by atoms with Crippen LogP contribution in [0.25, 0.3) is 6.08 Å². The van der Waals surface area contributed by atoms with Crippen LogP contribution in [-0.4, -0.2) is 10.9 Å². The Morgan fingerprint density at radius 2 is 1.86 bits per heavy atom. The van der Waals surface area contributed by atoms with Gasteiger partial charge in [0.05, 0.1) is 5.71 Å². The van der Waals surface area contributed by atoms with Crippen LogP contribution in [-0.2, 0) is 0 Å². The van der Waals surface area contributed by atoms with E-state index in [-0.39, 0.29) is 5.82 Å². The van der Waals surface area contributed by atoms with E-state index in [9.17, 15) is 4.39 Å². The van der Waals surface area contributed by atoms with Gasteiger partial charge < -0.3 is 5.21 Å². The molecule has 1 aromatic carbocycles. The zero-order valence-corrected chi connectivity index (χ0v) is 8.16. The molecule has 1 rings (SSSR count). The van der Waals surface area contributed by atoms with Crippen molar-refractivity contribution >= 4 is 11.8 Å². The molecular formula is C11H12FNO. The molecule has 14 heavy (non-hydrogen) atoms. The Kier molecular flexibility index (Phi) is 3.40. The highest BCUT2D eigenvalue weighted by atomic mass is 19.1. The lowest BCUT2D eigenvalue weighted by molar-refractivity contribution is 0.319. The zero-order valence-electron chi connectivity index (χ0n) is 8.16. The normalized spacial score (nSPS) is 13.1. The van der Waals surface area contributed by atoms with Gasteiger partial charge in [0, 0.05) is 0 Å². The van der Waals surface area contributed by atoms with Gasteiger partial charge in [0.2, 0.25) is 0 Å². The molecule has 74 valence electrons. The molecule has 0 atom stereocenters. The van der Waals surface area contributed by atoms with E-state index in [1.54, 1.807) is 19.1 Å². The van der Waals surface area contributed by atoms with Crippen molar-refractivity contribution in [3.63, 3.8) is 0 Å². The molecule has 0 aliphatic heterocycles. The Hall–Kier alpha value is -1.64. The Balaban J connectivity index is 2.92. The van der Waals surface area contributed by atoms with Crippen LogP contribution in [0.1, 0.15) is 19.4 Å². The summed E-state index contributed by atoms with van der Waals surface area (Å²) in [5, 5.41) is 11.6. The first-order chi connectivity index (χ1) is 6.63. The summed E-state index contributed by atoms with van der Waals surface area (Å²) in [5.74, 6) is -0.257. The van der Waals surface area contributed by atoms with Gasteiger partial charge in [-0.3, -0.25) is 0 Å². The van der Waals surface area contributed by atoms with E-state index in [4.69, 9.17) is 5.21 Å². The summed E-state index contributed by atoms with van der Waals surface area (Å²) in [6, 6.07) is 6.13. The molecule has 0 amide bonds. The first-order valence-electron chi connectivity index (χ1n) is 4.26. The van der Waals surface area contributed by atoms with Crippen LogP contribution in [0.15, 0.2) is 35.0 Å². The summed E-state index contributed by atoms with van der Waals surface area (Å²) in [4.78, 5) is 0. The second kappa shape index (κ2) is 4.56. The van der Waals surface area contributed by atoms with E-state index >= 15 is 0 Å². The van der Waals surface area contributed by atoms with Gasteiger partial charge in [0.15, 0.2) is 0 Å².